The Morgan fingerprint density at radius 1 is 1.09 bits per heavy atom. The van der Waals surface area contributed by atoms with Crippen molar-refractivity contribution in [1.29, 1.82) is 0 Å². The molecule has 0 amide bonds. The van der Waals surface area contributed by atoms with Crippen molar-refractivity contribution in [3.05, 3.63) is 12.2 Å². The zero-order valence-corrected chi connectivity index (χ0v) is 19.7. The van der Waals surface area contributed by atoms with E-state index in [9.17, 15) is 9.50 Å². The van der Waals surface area contributed by atoms with Crippen LogP contribution >= 0.6 is 0 Å². The van der Waals surface area contributed by atoms with Crippen molar-refractivity contribution in [2.45, 2.75) is 121 Å². The molecule has 3 heterocycles. The SMILES string of the molecule is CCCCC(F)C(/C=C/[C@H]1[C@H]2[C@@H](C[C@@H]1OC1CCCCO1)OC(O)[C@@H]2F)OC1CCCCO1. The van der Waals surface area contributed by atoms with Gasteiger partial charge in [-0.25, -0.2) is 8.78 Å². The second kappa shape index (κ2) is 12.4. The van der Waals surface area contributed by atoms with Crippen LogP contribution in [-0.2, 0) is 23.7 Å². The van der Waals surface area contributed by atoms with Gasteiger partial charge in [-0.15, -0.1) is 0 Å². The Labute approximate surface area is 195 Å². The molecule has 1 N–H and O–H groups in total. The Bertz CT molecular complexity index is 610. The van der Waals surface area contributed by atoms with Crippen molar-refractivity contribution in [3.63, 3.8) is 0 Å². The van der Waals surface area contributed by atoms with Crippen LogP contribution in [0, 0.1) is 11.8 Å². The third-order valence-electron chi connectivity index (χ3n) is 7.35. The Balaban J connectivity index is 1.48. The highest BCUT2D eigenvalue weighted by atomic mass is 19.1. The molecule has 0 radical (unpaired) electrons. The minimum atomic E-state index is -1.51. The van der Waals surface area contributed by atoms with Gasteiger partial charge in [0, 0.05) is 31.5 Å². The Kier molecular flexibility index (Phi) is 9.53. The van der Waals surface area contributed by atoms with E-state index in [0.717, 1.165) is 51.4 Å². The highest BCUT2D eigenvalue weighted by Gasteiger charge is 2.55. The Morgan fingerprint density at radius 3 is 2.48 bits per heavy atom. The monoisotopic (exact) mass is 474 g/mol. The van der Waals surface area contributed by atoms with Crippen molar-refractivity contribution >= 4 is 0 Å². The zero-order valence-electron chi connectivity index (χ0n) is 19.7. The van der Waals surface area contributed by atoms with Crippen molar-refractivity contribution < 1.29 is 37.6 Å². The predicted octanol–water partition coefficient (Wildman–Crippen LogP) is 4.59. The highest BCUT2D eigenvalue weighted by Crippen LogP contribution is 2.47. The lowest BCUT2D eigenvalue weighted by Gasteiger charge is -2.30. The van der Waals surface area contributed by atoms with E-state index in [4.69, 9.17) is 23.7 Å². The van der Waals surface area contributed by atoms with Crippen LogP contribution < -0.4 is 0 Å². The second-order valence-electron chi connectivity index (χ2n) is 9.81. The lowest BCUT2D eigenvalue weighted by molar-refractivity contribution is -0.199. The lowest BCUT2D eigenvalue weighted by atomic mass is 9.89. The first-order valence-electron chi connectivity index (χ1n) is 12.9. The van der Waals surface area contributed by atoms with Crippen LogP contribution in [0.25, 0.3) is 0 Å². The number of aliphatic hydroxyl groups is 1. The van der Waals surface area contributed by atoms with Crippen molar-refractivity contribution in [3.8, 4) is 0 Å². The van der Waals surface area contributed by atoms with Gasteiger partial charge in [0.2, 0.25) is 0 Å². The Hall–Kier alpha value is -0.640. The van der Waals surface area contributed by atoms with E-state index in [2.05, 4.69) is 0 Å². The van der Waals surface area contributed by atoms with Crippen molar-refractivity contribution in [2.75, 3.05) is 13.2 Å². The summed E-state index contributed by atoms with van der Waals surface area (Å²) in [5.74, 6) is -0.894. The van der Waals surface area contributed by atoms with Crippen LogP contribution in [0.1, 0.15) is 71.1 Å². The molecule has 0 aromatic heterocycles. The van der Waals surface area contributed by atoms with E-state index in [1.165, 1.54) is 0 Å². The predicted molar refractivity (Wildman–Crippen MR) is 118 cm³/mol. The van der Waals surface area contributed by atoms with Gasteiger partial charge in [-0.3, -0.25) is 0 Å². The summed E-state index contributed by atoms with van der Waals surface area (Å²) in [5, 5.41) is 9.92. The minimum Gasteiger partial charge on any atom is -0.366 e. The molecule has 190 valence electrons. The summed E-state index contributed by atoms with van der Waals surface area (Å²) in [5.41, 5.74) is 0. The summed E-state index contributed by atoms with van der Waals surface area (Å²) < 4.78 is 59.2. The molecule has 3 aliphatic heterocycles. The lowest BCUT2D eigenvalue weighted by Crippen LogP contribution is -2.35. The molecule has 4 fully saturated rings. The van der Waals surface area contributed by atoms with Gasteiger partial charge in [-0.2, -0.15) is 0 Å². The van der Waals surface area contributed by atoms with E-state index in [1.807, 2.05) is 13.0 Å². The summed E-state index contributed by atoms with van der Waals surface area (Å²) >= 11 is 0. The summed E-state index contributed by atoms with van der Waals surface area (Å²) in [6.45, 7) is 3.31. The van der Waals surface area contributed by atoms with E-state index in [1.54, 1.807) is 6.08 Å². The number of hydrogen-bond acceptors (Lipinski definition) is 6. The third-order valence-corrected chi connectivity index (χ3v) is 7.35. The average molecular weight is 475 g/mol. The van der Waals surface area contributed by atoms with Crippen LogP contribution in [0.3, 0.4) is 0 Å². The molecule has 1 saturated carbocycles. The number of alkyl halides is 2. The number of rotatable bonds is 10. The van der Waals surface area contributed by atoms with E-state index >= 15 is 4.39 Å². The van der Waals surface area contributed by atoms with Gasteiger partial charge in [0.25, 0.3) is 0 Å². The standard InChI is InChI=1S/C25H40F2O6/c1-2-3-8-17(26)18(31-21-9-4-6-13-29-21)12-11-16-19(32-22-10-5-7-14-30-22)15-20-23(16)24(27)25(28)33-20/h11-12,16-25,28H,2-10,13-15H2,1H3/b12-11+/t16-,17?,18?,19+,20-,21?,22?,23+,24-,25?/m1/s1. The summed E-state index contributed by atoms with van der Waals surface area (Å²) in [7, 11) is 0. The van der Waals surface area contributed by atoms with Gasteiger partial charge >= 0.3 is 0 Å². The largest absolute Gasteiger partial charge is 0.366 e. The van der Waals surface area contributed by atoms with Gasteiger partial charge in [-0.05, 0) is 44.9 Å². The van der Waals surface area contributed by atoms with E-state index in [-0.39, 0.29) is 18.3 Å². The molecule has 4 aliphatic rings. The second-order valence-corrected chi connectivity index (χ2v) is 9.81. The van der Waals surface area contributed by atoms with E-state index < -0.39 is 43.0 Å². The molecule has 5 unspecified atom stereocenters. The van der Waals surface area contributed by atoms with Gasteiger partial charge in [-0.1, -0.05) is 31.9 Å². The van der Waals surface area contributed by atoms with Gasteiger partial charge < -0.3 is 28.8 Å². The van der Waals surface area contributed by atoms with Crippen LogP contribution in [-0.4, -0.2) is 67.8 Å². The summed E-state index contributed by atoms with van der Waals surface area (Å²) in [6, 6.07) is 0. The summed E-state index contributed by atoms with van der Waals surface area (Å²) in [4.78, 5) is 0. The molecule has 0 spiro atoms. The fourth-order valence-corrected chi connectivity index (χ4v) is 5.50. The van der Waals surface area contributed by atoms with Crippen LogP contribution in [0.15, 0.2) is 12.2 Å². The number of fused-ring (bicyclic) bond motifs is 1. The van der Waals surface area contributed by atoms with Gasteiger partial charge in [0.1, 0.15) is 12.3 Å². The fourth-order valence-electron chi connectivity index (χ4n) is 5.50. The highest BCUT2D eigenvalue weighted by molar-refractivity contribution is 5.10. The number of aliphatic hydroxyl groups excluding tert-OH is 1. The molecule has 1 aliphatic carbocycles. The number of ether oxygens (including phenoxy) is 5. The number of halogens is 2. The maximum atomic E-state index is 15.1. The molecule has 4 rings (SSSR count). The normalized spacial score (nSPS) is 41.3. The van der Waals surface area contributed by atoms with Crippen LogP contribution in [0.5, 0.6) is 0 Å². The molecular formula is C25H40F2O6. The minimum absolute atomic E-state index is 0.314. The first-order chi connectivity index (χ1) is 16.1. The molecule has 0 aromatic rings. The molecule has 0 aromatic carbocycles. The molecule has 0 bridgehead atoms. The van der Waals surface area contributed by atoms with E-state index in [0.29, 0.717) is 26.1 Å². The van der Waals surface area contributed by atoms with Crippen LogP contribution in [0.2, 0.25) is 0 Å². The molecule has 10 atom stereocenters. The smallest absolute Gasteiger partial charge is 0.186 e. The Morgan fingerprint density at radius 2 is 1.82 bits per heavy atom. The van der Waals surface area contributed by atoms with Crippen molar-refractivity contribution in [2.24, 2.45) is 11.8 Å². The maximum Gasteiger partial charge on any atom is 0.186 e. The first-order valence-corrected chi connectivity index (χ1v) is 12.9. The molecule has 6 nitrogen and oxygen atoms in total. The number of unbranched alkanes of at least 4 members (excludes halogenated alkanes) is 1. The quantitative estimate of drug-likeness (QED) is 0.468. The first kappa shape index (κ1) is 25.5. The average Bonchev–Trinajstić information content (AvgIpc) is 3.30. The summed E-state index contributed by atoms with van der Waals surface area (Å²) in [6.07, 6.45) is 5.33. The van der Waals surface area contributed by atoms with Gasteiger partial charge in [0.15, 0.2) is 25.0 Å². The molecule has 8 heteroatoms. The molecule has 33 heavy (non-hydrogen) atoms. The number of hydrogen-bond donors (Lipinski definition) is 1. The molecular weight excluding hydrogens is 434 g/mol. The van der Waals surface area contributed by atoms with Crippen molar-refractivity contribution in [1.82, 2.24) is 0 Å². The fraction of sp³-hybridized carbons (Fsp3) is 0.920. The third kappa shape index (κ3) is 6.53. The zero-order chi connectivity index (χ0) is 23.2. The maximum absolute atomic E-state index is 15.1. The topological polar surface area (TPSA) is 66.4 Å². The van der Waals surface area contributed by atoms with Gasteiger partial charge in [0.05, 0.1) is 12.2 Å². The molecule has 3 saturated heterocycles. The van der Waals surface area contributed by atoms with Crippen LogP contribution in [0.4, 0.5) is 8.78 Å².